The summed E-state index contributed by atoms with van der Waals surface area (Å²) in [5.74, 6) is -4.55. The molecule has 0 bridgehead atoms. The van der Waals surface area contributed by atoms with Gasteiger partial charge in [0.25, 0.3) is 5.91 Å². The predicted octanol–water partition coefficient (Wildman–Crippen LogP) is 5.32. The Morgan fingerprint density at radius 3 is 1.56 bits per heavy atom. The molecule has 0 aliphatic carbocycles. The molecule has 11 N–H and O–H groups in total. The van der Waals surface area contributed by atoms with Gasteiger partial charge in [-0.05, 0) is 112 Å². The van der Waals surface area contributed by atoms with E-state index < -0.39 is 108 Å². The fraction of sp³-hybridized carbons (Fsp3) is 0.537. The topological polar surface area (TPSA) is 409 Å². The molecule has 5 saturated heterocycles. The van der Waals surface area contributed by atoms with Gasteiger partial charge in [0.05, 0.1) is 51.6 Å². The molecular formula is C67H90Cl2N10O19. The van der Waals surface area contributed by atoms with Gasteiger partial charge in [0.2, 0.25) is 48.4 Å². The lowest BCUT2D eigenvalue weighted by molar-refractivity contribution is -0.165. The number of carboxylic acid groups (broad SMARTS) is 1. The van der Waals surface area contributed by atoms with E-state index in [4.69, 9.17) is 78.7 Å². The molecule has 536 valence electrons. The number of nitrogens with zero attached hydrogens (tertiary/aromatic N) is 3. The number of carbonyl (C=O) groups is 11. The molecule has 10 atom stereocenters. The fourth-order valence-electron chi connectivity index (χ4n) is 11.1. The highest BCUT2D eigenvalue weighted by Crippen LogP contribution is 2.30. The molecule has 6 aliphatic rings. The monoisotopic (exact) mass is 1410 g/mol. The summed E-state index contributed by atoms with van der Waals surface area (Å²) in [7, 11) is 0. The Labute approximate surface area is 578 Å². The van der Waals surface area contributed by atoms with Crippen LogP contribution >= 0.6 is 23.2 Å². The third kappa shape index (κ3) is 21.7. The normalized spacial score (nSPS) is 22.4. The average Bonchev–Trinajstić information content (AvgIpc) is 1.70. The van der Waals surface area contributed by atoms with Gasteiger partial charge in [-0.1, -0.05) is 95.1 Å². The predicted molar refractivity (Wildman–Crippen MR) is 356 cm³/mol. The van der Waals surface area contributed by atoms with E-state index in [2.05, 4.69) is 21.3 Å². The summed E-state index contributed by atoms with van der Waals surface area (Å²) in [6.45, 7) is 19.0. The van der Waals surface area contributed by atoms with Gasteiger partial charge in [0.15, 0.2) is 0 Å². The van der Waals surface area contributed by atoms with Gasteiger partial charge in [-0.3, -0.25) is 43.3 Å². The molecule has 5 fully saturated rings. The highest BCUT2D eigenvalue weighted by molar-refractivity contribution is 6.33. The summed E-state index contributed by atoms with van der Waals surface area (Å²) in [4.78, 5) is 139. The summed E-state index contributed by atoms with van der Waals surface area (Å²) in [6.07, 6.45) is 1.82. The van der Waals surface area contributed by atoms with Crippen LogP contribution in [-0.2, 0) is 78.1 Å². The molecule has 7 amide bonds. The number of aromatic carboxylic acids is 1. The first-order valence-electron chi connectivity index (χ1n) is 32.3. The first kappa shape index (κ1) is 78.4. The Hall–Kier alpha value is -8.61. The lowest BCUT2D eigenvalue weighted by Crippen LogP contribution is -2.58. The fourth-order valence-corrected chi connectivity index (χ4v) is 11.4. The number of carboxylic acids is 1. The van der Waals surface area contributed by atoms with Gasteiger partial charge in [-0.25, -0.2) is 14.4 Å². The van der Waals surface area contributed by atoms with Crippen LogP contribution in [0.1, 0.15) is 140 Å². The second-order valence-corrected chi connectivity index (χ2v) is 26.6. The summed E-state index contributed by atoms with van der Waals surface area (Å²) in [5.41, 5.74) is 18.4. The van der Waals surface area contributed by atoms with E-state index in [0.29, 0.717) is 82.9 Å². The van der Waals surface area contributed by atoms with Crippen molar-refractivity contribution in [2.45, 2.75) is 181 Å². The molecule has 0 radical (unpaired) electrons. The number of nitrogens with one attached hydrogen (secondary N) is 4. The lowest BCUT2D eigenvalue weighted by Gasteiger charge is -2.35. The molecule has 0 saturated carbocycles. The smallest absolute Gasteiger partial charge is 0.410 e. The largest absolute Gasteiger partial charge is 0.478 e. The van der Waals surface area contributed by atoms with Crippen LogP contribution in [0.5, 0.6) is 0 Å². The van der Waals surface area contributed by atoms with E-state index in [9.17, 15) is 52.7 Å². The van der Waals surface area contributed by atoms with Crippen LogP contribution in [0.15, 0.2) is 78.5 Å². The molecule has 6 heterocycles. The van der Waals surface area contributed by atoms with Crippen molar-refractivity contribution < 1.29 is 91.0 Å². The standard InChI is InChI=1S/C24H33ClN4O6.C19H22N2O6.C17H29N3O5.C7H6ClNO2/c1-5-34-23-16(12-18(30)35-23)27-21(32)17-7-6-10-29(17)22(33)19(24(2,3)4)28-20(31)13-8-9-15(26)14(25)11-13;1-2-25-18-14(11-16(22)27-18)20-17(23)15-9-6-10-21(15)19(24)26-12-13-7-4-3-5-8-13;1-5-24-16-10(9-12(21)25-16)19-14(22)11-7-6-8-20(11)15(23)13(18)17(2,3)4;8-5-3-4(7(10)11)1-2-6(5)9/h8-9,11,16-17,19,23H,5-7,10,12,26H2,1-4H3,(H,27,32)(H,28,31);3-5,7-8,11,15,18H,2,6,9-10,12H2,1H3,(H,20,23);10-11,13,16H,5-9,18H2,1-4H3,(H,19,22);1-3H,9H2,(H,10,11)/t16-,17-,19+,23+;15-,18+;10-,11-,13+,16+;/m000./s1. The number of anilines is 2. The van der Waals surface area contributed by atoms with Crippen molar-refractivity contribution >= 4 is 100.0 Å². The Balaban J connectivity index is 0.000000218. The number of nitrogen functional groups attached to an aromatic ring is 2. The van der Waals surface area contributed by atoms with Gasteiger partial charge in [-0.15, -0.1) is 0 Å². The minimum atomic E-state index is -1.01. The summed E-state index contributed by atoms with van der Waals surface area (Å²) < 4.78 is 36.5. The lowest BCUT2D eigenvalue weighted by atomic mass is 9.85. The van der Waals surface area contributed by atoms with Crippen molar-refractivity contribution in [3.8, 4) is 0 Å². The Kier molecular flexibility index (Phi) is 28.6. The van der Waals surface area contributed by atoms with E-state index in [1.54, 1.807) is 25.7 Å². The Bertz CT molecular complexity index is 3400. The number of cyclic esters (lactones) is 3. The van der Waals surface area contributed by atoms with Crippen LogP contribution < -0.4 is 38.5 Å². The molecule has 98 heavy (non-hydrogen) atoms. The molecule has 0 aromatic heterocycles. The summed E-state index contributed by atoms with van der Waals surface area (Å²) >= 11 is 11.6. The second kappa shape index (κ2) is 35.8. The summed E-state index contributed by atoms with van der Waals surface area (Å²) in [6, 6.07) is 13.3. The van der Waals surface area contributed by atoms with E-state index in [1.165, 1.54) is 52.3 Å². The molecule has 0 spiro atoms. The third-order valence-electron chi connectivity index (χ3n) is 16.3. The van der Waals surface area contributed by atoms with Gasteiger partial charge in [0, 0.05) is 51.1 Å². The van der Waals surface area contributed by atoms with Gasteiger partial charge in [-0.2, -0.15) is 0 Å². The number of amides is 7. The van der Waals surface area contributed by atoms with E-state index in [-0.39, 0.29) is 75.4 Å². The number of esters is 3. The maximum Gasteiger partial charge on any atom is 0.410 e. The van der Waals surface area contributed by atoms with Gasteiger partial charge >= 0.3 is 30.0 Å². The number of hydrogen-bond donors (Lipinski definition) is 8. The quantitative estimate of drug-likeness (QED) is 0.0427. The Morgan fingerprint density at radius 2 is 1.09 bits per heavy atom. The zero-order valence-electron chi connectivity index (χ0n) is 56.4. The Morgan fingerprint density at radius 1 is 0.622 bits per heavy atom. The van der Waals surface area contributed by atoms with E-state index in [1.807, 2.05) is 71.9 Å². The molecule has 0 unspecified atom stereocenters. The molecular weight excluding hydrogens is 1320 g/mol. The van der Waals surface area contributed by atoms with Crippen molar-refractivity contribution in [1.82, 2.24) is 36.0 Å². The highest BCUT2D eigenvalue weighted by atomic mass is 35.5. The van der Waals surface area contributed by atoms with Crippen molar-refractivity contribution in [2.75, 3.05) is 50.9 Å². The van der Waals surface area contributed by atoms with Crippen molar-refractivity contribution in [3.05, 3.63) is 105 Å². The second-order valence-electron chi connectivity index (χ2n) is 25.7. The number of rotatable bonds is 19. The number of hydrogen-bond acceptors (Lipinski definition) is 21. The van der Waals surface area contributed by atoms with Crippen LogP contribution in [-0.4, -0.2) is 186 Å². The maximum absolute atomic E-state index is 13.6. The molecule has 6 aliphatic heterocycles. The maximum atomic E-state index is 13.6. The minimum absolute atomic E-state index is 0.00188. The SMILES string of the molecule is CCO[C@@H]1OC(=O)C=C1NC(=O)[C@@H]1CCCN1C(=O)OCc1ccccc1.CCO[C@@H]1OC(=O)C[C@@H]1NC(=O)[C@@H]1CCCN1C(=O)[C@@H](N)C(C)(C)C.CCO[C@@H]1OC(=O)C[C@@H]1NC(=O)[C@@H]1CCCN1C(=O)[C@@H](NC(=O)c1ccc(N)c(Cl)c1)C(C)(C)C.Nc1ccc(C(=O)O)cc1Cl. The minimum Gasteiger partial charge on any atom is -0.478 e. The van der Waals surface area contributed by atoms with Gasteiger partial charge < -0.3 is 86.5 Å². The number of benzene rings is 3. The number of carbonyl (C=O) groups excluding carboxylic acids is 10. The molecule has 9 rings (SSSR count). The van der Waals surface area contributed by atoms with Crippen LogP contribution in [0.4, 0.5) is 16.2 Å². The van der Waals surface area contributed by atoms with Crippen molar-refractivity contribution in [3.63, 3.8) is 0 Å². The number of ether oxygens (including phenoxy) is 7. The zero-order chi connectivity index (χ0) is 72.3. The third-order valence-corrected chi connectivity index (χ3v) is 17.0. The molecule has 31 heteroatoms. The van der Waals surface area contributed by atoms with Gasteiger partial charge in [0.1, 0.15) is 42.9 Å². The molecule has 3 aromatic rings. The number of halogens is 2. The zero-order valence-corrected chi connectivity index (χ0v) is 57.9. The van der Waals surface area contributed by atoms with E-state index >= 15 is 0 Å². The van der Waals surface area contributed by atoms with E-state index in [0.717, 1.165) is 12.0 Å². The molecule has 3 aromatic carbocycles. The molecule has 29 nitrogen and oxygen atoms in total. The first-order chi connectivity index (χ1) is 46.3. The van der Waals surface area contributed by atoms with Crippen LogP contribution in [0.2, 0.25) is 10.0 Å². The van der Waals surface area contributed by atoms with Crippen LogP contribution in [0.3, 0.4) is 0 Å². The number of nitrogens with two attached hydrogens (primary N) is 3. The number of likely N-dealkylation sites (tertiary alicyclic amines) is 3. The average molecular weight is 1410 g/mol. The summed E-state index contributed by atoms with van der Waals surface area (Å²) in [5, 5.41) is 20.1. The first-order valence-corrected chi connectivity index (χ1v) is 33.1. The van der Waals surface area contributed by atoms with Crippen LogP contribution in [0.25, 0.3) is 0 Å². The van der Waals surface area contributed by atoms with Crippen molar-refractivity contribution in [2.24, 2.45) is 16.6 Å². The van der Waals surface area contributed by atoms with Crippen LogP contribution in [0, 0.1) is 10.8 Å². The highest BCUT2D eigenvalue weighted by Gasteiger charge is 2.46. The van der Waals surface area contributed by atoms with Crippen molar-refractivity contribution in [1.29, 1.82) is 0 Å².